The maximum atomic E-state index is 11.4. The number of rotatable bonds is 5. The van der Waals surface area contributed by atoms with Crippen LogP contribution in [0.25, 0.3) is 11.1 Å². The monoisotopic (exact) mass is 273 g/mol. The van der Waals surface area contributed by atoms with Crippen LogP contribution in [-0.4, -0.2) is 10.7 Å². The van der Waals surface area contributed by atoms with Crippen LogP contribution in [0.2, 0.25) is 0 Å². The average molecular weight is 273 g/mol. The molecule has 0 N–H and O–H groups in total. The summed E-state index contributed by atoms with van der Waals surface area (Å²) < 4.78 is 0. The number of ketones is 1. The van der Waals surface area contributed by atoms with Crippen molar-refractivity contribution in [2.45, 2.75) is 6.42 Å². The van der Waals surface area contributed by atoms with E-state index >= 15 is 0 Å². The molecule has 1 aromatic carbocycles. The van der Waals surface area contributed by atoms with Gasteiger partial charge in [-0.25, -0.2) is 0 Å². The summed E-state index contributed by atoms with van der Waals surface area (Å²) in [7, 11) is 0. The van der Waals surface area contributed by atoms with Crippen LogP contribution < -0.4 is 0 Å². The minimum Gasteiger partial charge on any atom is -0.295 e. The molecule has 0 amide bonds. The Morgan fingerprint density at radius 3 is 2.89 bits per heavy atom. The van der Waals surface area contributed by atoms with Gasteiger partial charge in [0.05, 0.1) is 4.92 Å². The van der Waals surface area contributed by atoms with E-state index < -0.39 is 4.92 Å². The van der Waals surface area contributed by atoms with Gasteiger partial charge in [-0.05, 0) is 33.5 Å². The summed E-state index contributed by atoms with van der Waals surface area (Å²) in [6, 6.07) is 6.41. The zero-order valence-corrected chi connectivity index (χ0v) is 10.9. The lowest BCUT2D eigenvalue weighted by atomic mass is 10.0. The number of nitrogens with zero attached hydrogens (tertiary/aromatic N) is 1. The molecule has 0 aliphatic heterocycles. The van der Waals surface area contributed by atoms with Crippen molar-refractivity contribution in [1.29, 1.82) is 0 Å². The molecule has 0 aliphatic carbocycles. The summed E-state index contributed by atoms with van der Waals surface area (Å²) in [6.07, 6.45) is 1.56. The lowest BCUT2D eigenvalue weighted by Crippen LogP contribution is -1.98. The summed E-state index contributed by atoms with van der Waals surface area (Å²) in [4.78, 5) is 21.8. The second kappa shape index (κ2) is 5.58. The molecule has 0 spiro atoms. The van der Waals surface area contributed by atoms with E-state index in [2.05, 4.69) is 6.58 Å². The normalized spacial score (nSPS) is 10.1. The van der Waals surface area contributed by atoms with Gasteiger partial charge in [-0.3, -0.25) is 14.9 Å². The Kier molecular flexibility index (Phi) is 3.87. The maximum absolute atomic E-state index is 11.4. The van der Waals surface area contributed by atoms with E-state index in [1.807, 2.05) is 10.8 Å². The first-order chi connectivity index (χ1) is 9.11. The second-order valence-corrected chi connectivity index (χ2v) is 4.71. The van der Waals surface area contributed by atoms with E-state index in [0.717, 1.165) is 16.7 Å². The highest BCUT2D eigenvalue weighted by Crippen LogP contribution is 2.30. The molecule has 0 atom stereocenters. The Bertz CT molecular complexity index is 646. The van der Waals surface area contributed by atoms with E-state index in [1.165, 1.54) is 29.5 Å². The first-order valence-corrected chi connectivity index (χ1v) is 6.51. The molecule has 5 heteroatoms. The number of hydrogen-bond acceptors (Lipinski definition) is 4. The molecule has 1 aromatic heterocycles. The molecule has 0 fully saturated rings. The smallest absolute Gasteiger partial charge is 0.270 e. The van der Waals surface area contributed by atoms with Crippen LogP contribution in [0.15, 0.2) is 47.7 Å². The molecule has 1 heterocycles. The Balaban J connectivity index is 2.39. The fourth-order valence-electron chi connectivity index (χ4n) is 1.76. The van der Waals surface area contributed by atoms with Crippen molar-refractivity contribution in [1.82, 2.24) is 0 Å². The molecule has 0 radical (unpaired) electrons. The van der Waals surface area contributed by atoms with Gasteiger partial charge >= 0.3 is 0 Å². The molecule has 0 saturated carbocycles. The summed E-state index contributed by atoms with van der Waals surface area (Å²) in [6.45, 7) is 3.45. The van der Waals surface area contributed by atoms with Crippen LogP contribution in [0.5, 0.6) is 0 Å². The number of thiophene rings is 1. The lowest BCUT2D eigenvalue weighted by molar-refractivity contribution is -0.384. The predicted octanol–water partition coefficient (Wildman–Crippen LogP) is 3.62. The van der Waals surface area contributed by atoms with Gasteiger partial charge < -0.3 is 0 Å². The van der Waals surface area contributed by atoms with Gasteiger partial charge in [0.25, 0.3) is 5.69 Å². The van der Waals surface area contributed by atoms with Crippen LogP contribution in [0.3, 0.4) is 0 Å². The Morgan fingerprint density at radius 1 is 1.42 bits per heavy atom. The Labute approximate surface area is 114 Å². The molecular formula is C14H11NO3S. The van der Waals surface area contributed by atoms with Crippen LogP contribution in [-0.2, 0) is 11.2 Å². The third kappa shape index (κ3) is 2.95. The van der Waals surface area contributed by atoms with Crippen LogP contribution in [0, 0.1) is 10.1 Å². The number of nitro benzene ring substituents is 1. The number of nitro groups is 1. The molecular weight excluding hydrogens is 262 g/mol. The number of carbonyl (C=O) groups is 1. The first-order valence-electron chi connectivity index (χ1n) is 5.57. The largest absolute Gasteiger partial charge is 0.295 e. The SMILES string of the molecule is C=CC(=O)Cc1cscc1-c1cccc([N+](=O)[O-])c1. The molecule has 96 valence electrons. The van der Waals surface area contributed by atoms with Gasteiger partial charge in [0, 0.05) is 18.6 Å². The van der Waals surface area contributed by atoms with Gasteiger partial charge in [0.2, 0.25) is 0 Å². The topological polar surface area (TPSA) is 60.2 Å². The van der Waals surface area contributed by atoms with Crippen molar-refractivity contribution in [2.75, 3.05) is 0 Å². The number of allylic oxidation sites excluding steroid dienone is 1. The third-order valence-corrected chi connectivity index (χ3v) is 3.49. The summed E-state index contributed by atoms with van der Waals surface area (Å²) in [5.41, 5.74) is 2.53. The highest BCUT2D eigenvalue weighted by atomic mass is 32.1. The van der Waals surface area contributed by atoms with Gasteiger partial charge in [-0.1, -0.05) is 18.7 Å². The van der Waals surface area contributed by atoms with Gasteiger partial charge in [-0.2, -0.15) is 11.3 Å². The second-order valence-electron chi connectivity index (χ2n) is 3.97. The minimum absolute atomic E-state index is 0.0460. The molecule has 19 heavy (non-hydrogen) atoms. The predicted molar refractivity (Wildman–Crippen MR) is 75.3 cm³/mol. The van der Waals surface area contributed by atoms with E-state index in [-0.39, 0.29) is 17.9 Å². The van der Waals surface area contributed by atoms with E-state index in [1.54, 1.807) is 12.1 Å². The Morgan fingerprint density at radius 2 is 2.21 bits per heavy atom. The maximum Gasteiger partial charge on any atom is 0.270 e. The van der Waals surface area contributed by atoms with E-state index in [9.17, 15) is 14.9 Å². The number of benzene rings is 1. The van der Waals surface area contributed by atoms with E-state index in [4.69, 9.17) is 0 Å². The van der Waals surface area contributed by atoms with Gasteiger partial charge in [-0.15, -0.1) is 0 Å². The molecule has 2 rings (SSSR count). The molecule has 0 aliphatic rings. The quantitative estimate of drug-likeness (QED) is 0.475. The first kappa shape index (κ1) is 13.2. The summed E-state index contributed by atoms with van der Waals surface area (Å²) in [5, 5.41) is 14.6. The summed E-state index contributed by atoms with van der Waals surface area (Å²) in [5.74, 6) is -0.0647. The fraction of sp³-hybridized carbons (Fsp3) is 0.0714. The van der Waals surface area contributed by atoms with Gasteiger partial charge in [0.15, 0.2) is 5.78 Å². The summed E-state index contributed by atoms with van der Waals surface area (Å²) >= 11 is 1.47. The number of hydrogen-bond donors (Lipinski definition) is 0. The highest BCUT2D eigenvalue weighted by Gasteiger charge is 2.12. The van der Waals surface area contributed by atoms with Crippen molar-refractivity contribution in [3.05, 3.63) is 63.4 Å². The third-order valence-electron chi connectivity index (χ3n) is 2.70. The number of non-ortho nitro benzene ring substituents is 1. The minimum atomic E-state index is -0.426. The lowest BCUT2D eigenvalue weighted by Gasteiger charge is -2.02. The van der Waals surface area contributed by atoms with Crippen molar-refractivity contribution >= 4 is 22.8 Å². The average Bonchev–Trinajstić information content (AvgIpc) is 2.86. The molecule has 0 unspecified atom stereocenters. The van der Waals surface area contributed by atoms with Crippen molar-refractivity contribution in [3.8, 4) is 11.1 Å². The molecule has 4 nitrogen and oxygen atoms in total. The van der Waals surface area contributed by atoms with Crippen LogP contribution >= 0.6 is 11.3 Å². The van der Waals surface area contributed by atoms with E-state index in [0.29, 0.717) is 0 Å². The van der Waals surface area contributed by atoms with Crippen LogP contribution in [0.4, 0.5) is 5.69 Å². The zero-order chi connectivity index (χ0) is 13.8. The molecule has 0 saturated heterocycles. The molecule has 0 bridgehead atoms. The van der Waals surface area contributed by atoms with Crippen LogP contribution in [0.1, 0.15) is 5.56 Å². The highest BCUT2D eigenvalue weighted by molar-refractivity contribution is 7.08. The van der Waals surface area contributed by atoms with Crippen molar-refractivity contribution < 1.29 is 9.72 Å². The Hall–Kier alpha value is -2.27. The fourth-order valence-corrected chi connectivity index (χ4v) is 2.63. The van der Waals surface area contributed by atoms with Gasteiger partial charge in [0.1, 0.15) is 0 Å². The standard InChI is InChI=1S/C14H11NO3S/c1-2-13(16)7-11-8-19-9-14(11)10-4-3-5-12(6-10)15(17)18/h2-6,8-9H,1,7H2. The number of carbonyl (C=O) groups excluding carboxylic acids is 1. The zero-order valence-electron chi connectivity index (χ0n) is 10.0. The van der Waals surface area contributed by atoms with Crippen molar-refractivity contribution in [2.24, 2.45) is 0 Å². The molecule has 2 aromatic rings. The van der Waals surface area contributed by atoms with Crippen molar-refractivity contribution in [3.63, 3.8) is 0 Å².